The van der Waals surface area contributed by atoms with Gasteiger partial charge in [0, 0.05) is 19.2 Å². The van der Waals surface area contributed by atoms with Crippen molar-refractivity contribution >= 4 is 28.4 Å². The van der Waals surface area contributed by atoms with Gasteiger partial charge in [-0.25, -0.2) is 4.57 Å². The van der Waals surface area contributed by atoms with Crippen LogP contribution >= 0.6 is 0 Å². The van der Waals surface area contributed by atoms with Crippen LogP contribution < -0.4 is 10.5 Å². The largest absolute Gasteiger partial charge is 0.311 e. The lowest BCUT2D eigenvalue weighted by molar-refractivity contribution is 0.0894. The molecule has 0 N–H and O–H groups in total. The summed E-state index contributed by atoms with van der Waals surface area (Å²) in [5.41, 5.74) is 3.33. The summed E-state index contributed by atoms with van der Waals surface area (Å²) in [6.45, 7) is 0. The number of anilines is 1. The zero-order chi connectivity index (χ0) is 23.7. The van der Waals surface area contributed by atoms with E-state index in [0.29, 0.717) is 28.9 Å². The van der Waals surface area contributed by atoms with Gasteiger partial charge in [0.2, 0.25) is 5.91 Å². The lowest BCUT2D eigenvalue weighted by Gasteiger charge is -2.18. The van der Waals surface area contributed by atoms with Gasteiger partial charge in [-0.05, 0) is 66.0 Å². The van der Waals surface area contributed by atoms with Crippen LogP contribution in [0.15, 0.2) is 89.7 Å². The van der Waals surface area contributed by atoms with Crippen LogP contribution in [0.2, 0.25) is 0 Å². The quantitative estimate of drug-likeness (QED) is 0.424. The van der Waals surface area contributed by atoms with Crippen molar-refractivity contribution in [3.8, 4) is 0 Å². The molecule has 5 rings (SSSR count). The van der Waals surface area contributed by atoms with Crippen LogP contribution in [0, 0.1) is 5.92 Å². The minimum Gasteiger partial charge on any atom is -0.311 e. The Kier molecular flexibility index (Phi) is 5.84. The summed E-state index contributed by atoms with van der Waals surface area (Å²) in [6, 6.07) is 26.4. The topological polar surface area (TPSA) is 59.4 Å². The standard InChI is InChI=1S/C29H26N2O3/c1-30(24-12-3-2-4-13-24)28(33)25-19-23-11-7-8-14-26(23)31(29(25)34)27(32)16-15-20-17-21-9-5-6-10-22(21)18-20/h2-14,19-20H,15-18H2,1H3. The van der Waals surface area contributed by atoms with Gasteiger partial charge in [-0.1, -0.05) is 60.7 Å². The van der Waals surface area contributed by atoms with Crippen molar-refractivity contribution < 1.29 is 9.59 Å². The molecule has 0 radical (unpaired) electrons. The molecule has 0 spiro atoms. The number of hydrogen-bond donors (Lipinski definition) is 0. The highest BCUT2D eigenvalue weighted by Crippen LogP contribution is 2.29. The SMILES string of the molecule is CN(C(=O)c1cc2ccccc2n(C(=O)CCC2Cc3ccccc3C2)c1=O)c1ccccc1. The lowest BCUT2D eigenvalue weighted by atomic mass is 9.99. The second-order valence-electron chi connectivity index (χ2n) is 8.93. The molecular weight excluding hydrogens is 424 g/mol. The number of amides is 1. The van der Waals surface area contributed by atoms with Gasteiger partial charge in [-0.2, -0.15) is 0 Å². The normalized spacial score (nSPS) is 13.1. The molecule has 0 atom stereocenters. The van der Waals surface area contributed by atoms with Crippen molar-refractivity contribution in [2.75, 3.05) is 11.9 Å². The number of carbonyl (C=O) groups excluding carboxylic acids is 2. The van der Waals surface area contributed by atoms with E-state index in [2.05, 4.69) is 12.1 Å². The average Bonchev–Trinajstić information content (AvgIpc) is 3.30. The maximum Gasteiger partial charge on any atom is 0.270 e. The first-order valence-electron chi connectivity index (χ1n) is 11.6. The van der Waals surface area contributed by atoms with Crippen molar-refractivity contribution in [3.05, 3.63) is 112 Å². The molecule has 1 heterocycles. The molecule has 1 aromatic heterocycles. The van der Waals surface area contributed by atoms with Gasteiger partial charge < -0.3 is 4.90 Å². The maximum atomic E-state index is 13.5. The smallest absolute Gasteiger partial charge is 0.270 e. The predicted octanol–water partition coefficient (Wildman–Crippen LogP) is 5.11. The highest BCUT2D eigenvalue weighted by molar-refractivity contribution is 6.08. The summed E-state index contributed by atoms with van der Waals surface area (Å²) >= 11 is 0. The van der Waals surface area contributed by atoms with Crippen LogP contribution in [0.1, 0.15) is 39.1 Å². The first-order valence-corrected chi connectivity index (χ1v) is 11.6. The third-order valence-corrected chi connectivity index (χ3v) is 6.74. The van der Waals surface area contributed by atoms with E-state index >= 15 is 0 Å². The fraction of sp³-hybridized carbons (Fsp3) is 0.207. The number of aromatic nitrogens is 1. The van der Waals surface area contributed by atoms with Gasteiger partial charge in [0.15, 0.2) is 0 Å². The van der Waals surface area contributed by atoms with E-state index in [1.54, 1.807) is 25.2 Å². The molecule has 0 aliphatic heterocycles. The number of benzene rings is 3. The second kappa shape index (κ2) is 9.10. The Labute approximate surface area is 198 Å². The van der Waals surface area contributed by atoms with Gasteiger partial charge in [-0.3, -0.25) is 14.4 Å². The van der Waals surface area contributed by atoms with Crippen molar-refractivity contribution in [2.24, 2.45) is 5.92 Å². The van der Waals surface area contributed by atoms with Crippen molar-refractivity contribution in [2.45, 2.75) is 25.7 Å². The Morgan fingerprint density at radius 2 is 1.50 bits per heavy atom. The van der Waals surface area contributed by atoms with Crippen molar-refractivity contribution in [3.63, 3.8) is 0 Å². The predicted molar refractivity (Wildman–Crippen MR) is 135 cm³/mol. The molecule has 1 aliphatic rings. The van der Waals surface area contributed by atoms with Crippen LogP contribution in [0.5, 0.6) is 0 Å². The van der Waals surface area contributed by atoms with Crippen molar-refractivity contribution in [1.82, 2.24) is 4.57 Å². The number of para-hydroxylation sites is 2. The van der Waals surface area contributed by atoms with E-state index in [4.69, 9.17) is 0 Å². The molecule has 1 aliphatic carbocycles. The van der Waals surface area contributed by atoms with E-state index in [1.165, 1.54) is 20.6 Å². The van der Waals surface area contributed by atoms with Crippen LogP contribution in [0.25, 0.3) is 10.9 Å². The summed E-state index contributed by atoms with van der Waals surface area (Å²) in [7, 11) is 1.64. The highest BCUT2D eigenvalue weighted by atomic mass is 16.2. The van der Waals surface area contributed by atoms with Crippen LogP contribution in [0.3, 0.4) is 0 Å². The number of pyridine rings is 1. The molecule has 5 nitrogen and oxygen atoms in total. The Hall–Kier alpha value is -3.99. The summed E-state index contributed by atoms with van der Waals surface area (Å²) in [5.74, 6) is -0.318. The van der Waals surface area contributed by atoms with E-state index in [0.717, 1.165) is 12.8 Å². The number of hydrogen-bond acceptors (Lipinski definition) is 3. The summed E-state index contributed by atoms with van der Waals surface area (Å²) < 4.78 is 1.20. The third kappa shape index (κ3) is 4.05. The first-order chi connectivity index (χ1) is 16.5. The van der Waals surface area contributed by atoms with Gasteiger partial charge >= 0.3 is 0 Å². The molecule has 5 heteroatoms. The van der Waals surface area contributed by atoms with E-state index in [9.17, 15) is 14.4 Å². The molecule has 0 saturated carbocycles. The monoisotopic (exact) mass is 450 g/mol. The minimum absolute atomic E-state index is 0.00771. The van der Waals surface area contributed by atoms with Gasteiger partial charge in [0.25, 0.3) is 11.5 Å². The number of fused-ring (bicyclic) bond motifs is 2. The number of rotatable bonds is 5. The molecule has 0 fully saturated rings. The number of carbonyl (C=O) groups is 2. The van der Waals surface area contributed by atoms with E-state index < -0.39 is 11.5 Å². The van der Waals surface area contributed by atoms with E-state index in [-0.39, 0.29) is 17.9 Å². The lowest BCUT2D eigenvalue weighted by Crippen LogP contribution is -2.36. The van der Waals surface area contributed by atoms with Gasteiger partial charge in [-0.15, -0.1) is 0 Å². The Morgan fingerprint density at radius 1 is 0.882 bits per heavy atom. The molecular formula is C29H26N2O3. The van der Waals surface area contributed by atoms with Gasteiger partial charge in [0.1, 0.15) is 5.56 Å². The maximum absolute atomic E-state index is 13.5. The molecule has 0 unspecified atom stereocenters. The highest BCUT2D eigenvalue weighted by Gasteiger charge is 2.25. The third-order valence-electron chi connectivity index (χ3n) is 6.74. The average molecular weight is 451 g/mol. The molecule has 0 bridgehead atoms. The summed E-state index contributed by atoms with van der Waals surface area (Å²) in [5, 5.41) is 0.688. The zero-order valence-corrected chi connectivity index (χ0v) is 19.1. The van der Waals surface area contributed by atoms with Crippen molar-refractivity contribution in [1.29, 1.82) is 0 Å². The Morgan fingerprint density at radius 3 is 2.21 bits per heavy atom. The molecule has 170 valence electrons. The molecule has 1 amide bonds. The molecule has 0 saturated heterocycles. The van der Waals surface area contributed by atoms with E-state index in [1.807, 2.05) is 54.6 Å². The number of nitrogens with zero attached hydrogens (tertiary/aromatic N) is 2. The molecule has 3 aromatic carbocycles. The fourth-order valence-corrected chi connectivity index (χ4v) is 4.90. The van der Waals surface area contributed by atoms with Crippen LogP contribution in [-0.4, -0.2) is 23.4 Å². The summed E-state index contributed by atoms with van der Waals surface area (Å²) in [6.07, 6.45) is 2.88. The Balaban J connectivity index is 1.44. The molecule has 4 aromatic rings. The van der Waals surface area contributed by atoms with Crippen LogP contribution in [-0.2, 0) is 12.8 Å². The fourth-order valence-electron chi connectivity index (χ4n) is 4.90. The second-order valence-corrected chi connectivity index (χ2v) is 8.93. The Bertz CT molecular complexity index is 1410. The zero-order valence-electron chi connectivity index (χ0n) is 19.1. The van der Waals surface area contributed by atoms with Crippen LogP contribution in [0.4, 0.5) is 5.69 Å². The minimum atomic E-state index is -0.564. The summed E-state index contributed by atoms with van der Waals surface area (Å²) in [4.78, 5) is 41.6. The van der Waals surface area contributed by atoms with Gasteiger partial charge in [0.05, 0.1) is 5.52 Å². The molecule has 34 heavy (non-hydrogen) atoms. The first kappa shape index (κ1) is 21.8.